The Morgan fingerprint density at radius 3 is 2.52 bits per heavy atom. The van der Waals surface area contributed by atoms with Crippen molar-refractivity contribution in [1.82, 2.24) is 19.7 Å². The number of thiazole rings is 1. The van der Waals surface area contributed by atoms with Crippen LogP contribution in [0.1, 0.15) is 22.1 Å². The predicted octanol–water partition coefficient (Wildman–Crippen LogP) is 5.05. The molecule has 136 valence electrons. The second kappa shape index (κ2) is 8.02. The maximum Gasteiger partial charge on any atom is 0.196 e. The Kier molecular flexibility index (Phi) is 5.31. The van der Waals surface area contributed by atoms with Crippen LogP contribution < -0.4 is 0 Å². The highest BCUT2D eigenvalue weighted by Gasteiger charge is 2.16. The van der Waals surface area contributed by atoms with Crippen molar-refractivity contribution in [3.63, 3.8) is 0 Å². The minimum atomic E-state index is -0.261. The molecule has 4 rings (SSSR count). The summed E-state index contributed by atoms with van der Waals surface area (Å²) in [5.74, 6) is 1.28. The molecule has 0 saturated heterocycles. The number of benzene rings is 2. The van der Waals surface area contributed by atoms with Gasteiger partial charge in [-0.1, -0.05) is 42.1 Å². The van der Waals surface area contributed by atoms with Gasteiger partial charge in [-0.3, -0.25) is 4.57 Å². The van der Waals surface area contributed by atoms with Crippen molar-refractivity contribution in [2.75, 3.05) is 0 Å². The molecule has 2 aromatic heterocycles. The molecular formula is C20H17FN4S2. The number of hydrogen-bond acceptors (Lipinski definition) is 5. The van der Waals surface area contributed by atoms with Gasteiger partial charge in [0, 0.05) is 23.2 Å². The first kappa shape index (κ1) is 17.9. The molecular weight excluding hydrogens is 379 g/mol. The number of hydrogen-bond donors (Lipinski definition) is 0. The quantitative estimate of drug-likeness (QED) is 0.428. The highest BCUT2D eigenvalue weighted by molar-refractivity contribution is 7.98. The highest BCUT2D eigenvalue weighted by Crippen LogP contribution is 2.27. The number of nitrogens with zero attached hydrogens (tertiary/aromatic N) is 4. The largest absolute Gasteiger partial charge is 0.274 e. The van der Waals surface area contributed by atoms with E-state index in [2.05, 4.69) is 32.7 Å². The second-order valence-electron chi connectivity index (χ2n) is 6.02. The van der Waals surface area contributed by atoms with E-state index in [4.69, 9.17) is 0 Å². The van der Waals surface area contributed by atoms with Gasteiger partial charge in [-0.2, -0.15) is 0 Å². The Bertz CT molecular complexity index is 1030. The van der Waals surface area contributed by atoms with E-state index in [1.54, 1.807) is 35.2 Å². The lowest BCUT2D eigenvalue weighted by molar-refractivity contribution is 0.627. The zero-order valence-corrected chi connectivity index (χ0v) is 16.3. The van der Waals surface area contributed by atoms with Crippen LogP contribution in [0, 0.1) is 12.7 Å². The van der Waals surface area contributed by atoms with Crippen LogP contribution in [-0.2, 0) is 12.2 Å². The summed E-state index contributed by atoms with van der Waals surface area (Å²) < 4.78 is 15.4. The van der Waals surface area contributed by atoms with E-state index in [0.29, 0.717) is 6.42 Å². The van der Waals surface area contributed by atoms with Crippen molar-refractivity contribution < 1.29 is 4.39 Å². The van der Waals surface area contributed by atoms with E-state index in [-0.39, 0.29) is 5.82 Å². The topological polar surface area (TPSA) is 43.6 Å². The minimum Gasteiger partial charge on any atom is -0.274 e. The monoisotopic (exact) mass is 396 g/mol. The van der Waals surface area contributed by atoms with E-state index < -0.39 is 0 Å². The molecule has 0 aliphatic carbocycles. The van der Waals surface area contributed by atoms with Crippen molar-refractivity contribution >= 4 is 23.1 Å². The van der Waals surface area contributed by atoms with Crippen LogP contribution >= 0.6 is 23.1 Å². The van der Waals surface area contributed by atoms with E-state index in [9.17, 15) is 4.39 Å². The number of halogens is 1. The molecule has 27 heavy (non-hydrogen) atoms. The average Bonchev–Trinajstić information content (AvgIpc) is 3.28. The van der Waals surface area contributed by atoms with Crippen molar-refractivity contribution in [2.45, 2.75) is 24.3 Å². The fourth-order valence-corrected chi connectivity index (χ4v) is 4.33. The second-order valence-corrected chi connectivity index (χ2v) is 8.02. The van der Waals surface area contributed by atoms with Gasteiger partial charge in [-0.15, -0.1) is 21.5 Å². The SMILES string of the molecule is Cc1nc(CSc2nnc(Cc3ccccc3)n2-c2ccc(F)cc2)cs1. The maximum atomic E-state index is 13.4. The van der Waals surface area contributed by atoms with E-state index in [1.807, 2.05) is 29.7 Å². The molecule has 0 saturated carbocycles. The molecule has 0 atom stereocenters. The summed E-state index contributed by atoms with van der Waals surface area (Å²) in [6.45, 7) is 2.00. The first-order chi connectivity index (χ1) is 13.2. The summed E-state index contributed by atoms with van der Waals surface area (Å²) in [6, 6.07) is 16.6. The van der Waals surface area contributed by atoms with Gasteiger partial charge in [0.05, 0.1) is 10.7 Å². The van der Waals surface area contributed by atoms with Crippen LogP contribution in [0.2, 0.25) is 0 Å². The van der Waals surface area contributed by atoms with Crippen LogP contribution in [0.3, 0.4) is 0 Å². The van der Waals surface area contributed by atoms with E-state index >= 15 is 0 Å². The minimum absolute atomic E-state index is 0.261. The van der Waals surface area contributed by atoms with Crippen LogP contribution in [0.5, 0.6) is 0 Å². The van der Waals surface area contributed by atoms with Gasteiger partial charge in [0.25, 0.3) is 0 Å². The third-order valence-corrected chi connectivity index (χ3v) is 5.79. The van der Waals surface area contributed by atoms with Crippen molar-refractivity contribution in [1.29, 1.82) is 0 Å². The Morgan fingerprint density at radius 1 is 1.04 bits per heavy atom. The summed E-state index contributed by atoms with van der Waals surface area (Å²) in [5.41, 5.74) is 3.03. The summed E-state index contributed by atoms with van der Waals surface area (Å²) in [5, 5.41) is 12.7. The zero-order valence-electron chi connectivity index (χ0n) is 14.7. The molecule has 2 aromatic carbocycles. The summed E-state index contributed by atoms with van der Waals surface area (Å²) in [4.78, 5) is 4.50. The molecule has 2 heterocycles. The number of thioether (sulfide) groups is 1. The zero-order chi connectivity index (χ0) is 18.6. The number of aromatic nitrogens is 4. The van der Waals surface area contributed by atoms with Gasteiger partial charge >= 0.3 is 0 Å². The Morgan fingerprint density at radius 2 is 1.81 bits per heavy atom. The van der Waals surface area contributed by atoms with Crippen LogP contribution in [0.25, 0.3) is 5.69 Å². The van der Waals surface area contributed by atoms with Crippen molar-refractivity contribution in [3.8, 4) is 5.69 Å². The summed E-state index contributed by atoms with van der Waals surface area (Å²) >= 11 is 3.22. The van der Waals surface area contributed by atoms with Crippen molar-refractivity contribution in [2.24, 2.45) is 0 Å². The van der Waals surface area contributed by atoms with Crippen LogP contribution in [0.4, 0.5) is 4.39 Å². The molecule has 7 heteroatoms. The predicted molar refractivity (Wildman–Crippen MR) is 107 cm³/mol. The highest BCUT2D eigenvalue weighted by atomic mass is 32.2. The first-order valence-corrected chi connectivity index (χ1v) is 10.3. The number of rotatable bonds is 6. The molecule has 4 aromatic rings. The van der Waals surface area contributed by atoms with Gasteiger partial charge in [0.2, 0.25) is 0 Å². The lowest BCUT2D eigenvalue weighted by atomic mass is 10.1. The Labute approximate surface area is 165 Å². The van der Waals surface area contributed by atoms with Gasteiger partial charge in [0.1, 0.15) is 11.6 Å². The molecule has 0 bridgehead atoms. The lowest BCUT2D eigenvalue weighted by Gasteiger charge is -2.10. The lowest BCUT2D eigenvalue weighted by Crippen LogP contribution is -2.04. The van der Waals surface area contributed by atoms with Gasteiger partial charge in [-0.05, 0) is 36.8 Å². The molecule has 0 radical (unpaired) electrons. The first-order valence-electron chi connectivity index (χ1n) is 8.47. The maximum absolute atomic E-state index is 13.4. The van der Waals surface area contributed by atoms with Gasteiger partial charge in [-0.25, -0.2) is 9.37 Å². The van der Waals surface area contributed by atoms with Gasteiger partial charge < -0.3 is 0 Å². The molecule has 0 amide bonds. The fraction of sp³-hybridized carbons (Fsp3) is 0.150. The average molecular weight is 397 g/mol. The molecule has 0 fully saturated rings. The summed E-state index contributed by atoms with van der Waals surface area (Å²) in [6.07, 6.45) is 0.654. The molecule has 0 unspecified atom stereocenters. The van der Waals surface area contributed by atoms with Gasteiger partial charge in [0.15, 0.2) is 5.16 Å². The normalized spacial score (nSPS) is 11.0. The Hall–Kier alpha value is -2.51. The molecule has 0 spiro atoms. The van der Waals surface area contributed by atoms with Crippen LogP contribution in [-0.4, -0.2) is 19.7 Å². The fourth-order valence-electron chi connectivity index (χ4n) is 2.75. The molecule has 0 N–H and O–H groups in total. The third-order valence-electron chi connectivity index (χ3n) is 4.01. The number of aryl methyl sites for hydroxylation is 1. The smallest absolute Gasteiger partial charge is 0.196 e. The Balaban J connectivity index is 1.66. The standard InChI is InChI=1S/C20H17FN4S2/c1-14-22-17(12-26-14)13-27-20-24-23-19(11-15-5-3-2-4-6-15)25(20)18-9-7-16(21)8-10-18/h2-10,12H,11,13H2,1H3. The summed E-state index contributed by atoms with van der Waals surface area (Å²) in [7, 11) is 0. The molecule has 0 aliphatic rings. The van der Waals surface area contributed by atoms with E-state index in [0.717, 1.165) is 38.7 Å². The molecule has 4 nitrogen and oxygen atoms in total. The van der Waals surface area contributed by atoms with Crippen molar-refractivity contribution in [3.05, 3.63) is 87.9 Å². The third kappa shape index (κ3) is 4.26. The molecule has 0 aliphatic heterocycles. The van der Waals surface area contributed by atoms with Crippen LogP contribution in [0.15, 0.2) is 65.1 Å². The van der Waals surface area contributed by atoms with E-state index in [1.165, 1.54) is 12.1 Å².